The van der Waals surface area contributed by atoms with Gasteiger partial charge in [0.1, 0.15) is 12.0 Å². The van der Waals surface area contributed by atoms with Crippen LogP contribution in [0.25, 0.3) is 0 Å². The first kappa shape index (κ1) is 43.1. The van der Waals surface area contributed by atoms with E-state index in [1.807, 2.05) is 117 Å². The molecule has 0 spiro atoms. The van der Waals surface area contributed by atoms with Crippen LogP contribution >= 0.6 is 6.89 Å². The minimum atomic E-state index is -3.28. The first-order valence-electron chi connectivity index (χ1n) is 19.2. The van der Waals surface area contributed by atoms with Crippen molar-refractivity contribution < 1.29 is 33.1 Å². The molecule has 4 aromatic rings. The van der Waals surface area contributed by atoms with E-state index in [2.05, 4.69) is 40.4 Å². The van der Waals surface area contributed by atoms with Crippen LogP contribution in [0.1, 0.15) is 45.0 Å². The molecule has 0 radical (unpaired) electrons. The average molecular weight is 807 g/mol. The van der Waals surface area contributed by atoms with Crippen LogP contribution in [0.15, 0.2) is 128 Å². The second-order valence-electron chi connectivity index (χ2n) is 16.1. The Bertz CT molecular complexity index is 2030. The zero-order valence-corrected chi connectivity index (χ0v) is 36.4. The molecule has 300 valence electrons. The number of anilines is 1. The molecule has 1 saturated heterocycles. The summed E-state index contributed by atoms with van der Waals surface area (Å²) >= 11 is 0. The van der Waals surface area contributed by atoms with Gasteiger partial charge in [-0.3, -0.25) is 9.59 Å². The molecule has 11 heteroatoms. The van der Waals surface area contributed by atoms with E-state index < -0.39 is 57.1 Å². The highest BCUT2D eigenvalue weighted by molar-refractivity contribution is 7.96. The van der Waals surface area contributed by atoms with Crippen LogP contribution in [0.4, 0.5) is 5.69 Å². The van der Waals surface area contributed by atoms with E-state index in [1.54, 1.807) is 31.2 Å². The molecule has 1 fully saturated rings. The van der Waals surface area contributed by atoms with Crippen molar-refractivity contribution in [2.24, 2.45) is 11.8 Å². The lowest BCUT2D eigenvalue weighted by Gasteiger charge is -2.54. The fourth-order valence-corrected chi connectivity index (χ4v) is 13.0. The van der Waals surface area contributed by atoms with Gasteiger partial charge in [-0.1, -0.05) is 124 Å². The maximum atomic E-state index is 15.2. The third kappa shape index (κ3) is 8.64. The first-order valence-corrected chi connectivity index (χ1v) is 23.9. The zero-order chi connectivity index (χ0) is 41.7. The summed E-state index contributed by atoms with van der Waals surface area (Å²) in [6.07, 6.45) is 0.834. The molecular weight excluding hydrogens is 752 g/mol. The van der Waals surface area contributed by atoms with Crippen LogP contribution in [0.2, 0.25) is 18.1 Å². The Morgan fingerprint density at radius 1 is 0.825 bits per heavy atom. The smallest absolute Gasteiger partial charge is 0.356 e. The normalized spacial score (nSPS) is 16.8. The van der Waals surface area contributed by atoms with Gasteiger partial charge in [-0.15, -0.1) is 0 Å². The number of carbonyl (C=O) groups excluding carboxylic acids is 4. The van der Waals surface area contributed by atoms with E-state index >= 15 is 4.79 Å². The number of esters is 3. The summed E-state index contributed by atoms with van der Waals surface area (Å²) in [5, 5.41) is 2.24. The largest absolute Gasteiger partial charge is 0.457 e. The maximum Gasteiger partial charge on any atom is 0.356 e. The molecule has 0 N–H and O–H groups in total. The Morgan fingerprint density at radius 2 is 1.30 bits per heavy atom. The molecule has 0 aliphatic carbocycles. The number of nitrogens with zero attached hydrogens (tertiary/aromatic N) is 2. The molecular formula is C46H55N2O7PSi. The van der Waals surface area contributed by atoms with Gasteiger partial charge in [-0.25, -0.2) is 9.59 Å². The highest BCUT2D eigenvalue weighted by Gasteiger charge is 2.60. The molecule has 0 aromatic heterocycles. The second kappa shape index (κ2) is 17.6. The zero-order valence-electron chi connectivity index (χ0n) is 34.5. The Hall–Kier alpha value is -5.02. The fourth-order valence-electron chi connectivity index (χ4n) is 7.15. The second-order valence-corrected chi connectivity index (χ2v) is 24.2. The molecule has 1 aliphatic heterocycles. The van der Waals surface area contributed by atoms with Crippen LogP contribution < -0.4 is 20.8 Å². The van der Waals surface area contributed by atoms with E-state index in [-0.39, 0.29) is 28.5 Å². The summed E-state index contributed by atoms with van der Waals surface area (Å²) < 4.78 is 18.4. The van der Waals surface area contributed by atoms with Gasteiger partial charge in [0, 0.05) is 26.7 Å². The van der Waals surface area contributed by atoms with E-state index in [4.69, 9.17) is 13.9 Å². The number of amides is 1. The third-order valence-electron chi connectivity index (χ3n) is 11.2. The first-order chi connectivity index (χ1) is 27.0. The molecule has 57 heavy (non-hydrogen) atoms. The molecule has 0 unspecified atom stereocenters. The lowest BCUT2D eigenvalue weighted by molar-refractivity contribution is -0.165. The molecule has 5 rings (SSSR count). The molecule has 0 bridgehead atoms. The van der Waals surface area contributed by atoms with Gasteiger partial charge in [0.25, 0.3) is 0 Å². The molecule has 0 saturated carbocycles. The Labute approximate surface area is 338 Å². The topological polar surface area (TPSA) is 102 Å². The maximum absolute atomic E-state index is 15.2. The van der Waals surface area contributed by atoms with Crippen molar-refractivity contribution in [2.75, 3.05) is 25.6 Å². The van der Waals surface area contributed by atoms with Gasteiger partial charge in [0.2, 0.25) is 5.91 Å². The fraction of sp³-hybridized carbons (Fsp3) is 0.326. The van der Waals surface area contributed by atoms with Gasteiger partial charge in [0.15, 0.2) is 8.32 Å². The van der Waals surface area contributed by atoms with Crippen molar-refractivity contribution >= 4 is 66.0 Å². The number of β-lactam (4-membered cyclic amide) rings is 1. The molecule has 9 nitrogen and oxygen atoms in total. The predicted molar refractivity (Wildman–Crippen MR) is 234 cm³/mol. The number of ether oxygens (including phenoxy) is 2. The number of hydrogen-bond donors (Lipinski definition) is 0. The van der Waals surface area contributed by atoms with Crippen LogP contribution in [0.5, 0.6) is 0 Å². The Balaban J connectivity index is 1.78. The van der Waals surface area contributed by atoms with E-state index in [0.717, 1.165) is 21.6 Å². The molecule has 4 aromatic carbocycles. The van der Waals surface area contributed by atoms with Gasteiger partial charge in [-0.05, 0) is 72.2 Å². The van der Waals surface area contributed by atoms with Crippen molar-refractivity contribution in [3.63, 3.8) is 0 Å². The number of hydrogen-bond acceptors (Lipinski definition) is 8. The van der Waals surface area contributed by atoms with Crippen molar-refractivity contribution in [1.29, 1.82) is 0 Å². The van der Waals surface area contributed by atoms with Gasteiger partial charge < -0.3 is 23.7 Å². The minimum Gasteiger partial charge on any atom is -0.457 e. The molecule has 1 aliphatic rings. The van der Waals surface area contributed by atoms with E-state index in [0.29, 0.717) is 0 Å². The quantitative estimate of drug-likeness (QED) is 0.0331. The van der Waals surface area contributed by atoms with Crippen molar-refractivity contribution in [1.82, 2.24) is 4.90 Å². The standard InChI is InChI=1S/C46H55N2O7PSi/c1-11-31-53-45(52)42(56(36-21-15-12-16-22-36,37-23-17-13-18-24-37)38-25-19-14-20-26-38)48-40(39(41(48)49)33(3)55-57(9,10)46(4,5)6)32(2)43(50)54-44(51)34-27-29-35(30-28-34)47(7)8/h11-30,32-33,39-40H,1,31H2,2-10H3/t32-,33-,39-,40-/m1/s1. The summed E-state index contributed by atoms with van der Waals surface area (Å²) in [5.74, 6) is -4.67. The van der Waals surface area contributed by atoms with Crippen molar-refractivity contribution in [3.8, 4) is 0 Å². The lowest BCUT2D eigenvalue weighted by atomic mass is 9.76. The van der Waals surface area contributed by atoms with Crippen LogP contribution in [-0.4, -0.2) is 75.3 Å². The van der Waals surface area contributed by atoms with E-state index in [1.165, 1.54) is 11.0 Å². The highest BCUT2D eigenvalue weighted by atomic mass is 31.2. The van der Waals surface area contributed by atoms with Crippen molar-refractivity contribution in [2.45, 2.75) is 64.9 Å². The van der Waals surface area contributed by atoms with Gasteiger partial charge in [-0.2, -0.15) is 0 Å². The van der Waals surface area contributed by atoms with Crippen LogP contribution in [0, 0.1) is 11.8 Å². The van der Waals surface area contributed by atoms with Crippen LogP contribution in [-0.2, 0) is 28.3 Å². The molecule has 4 atom stereocenters. The monoisotopic (exact) mass is 806 g/mol. The lowest BCUT2D eigenvalue weighted by Crippen LogP contribution is -2.71. The summed E-state index contributed by atoms with van der Waals surface area (Å²) in [4.78, 5) is 61.3. The number of likely N-dealkylation sites (tertiary alicyclic amines) is 1. The van der Waals surface area contributed by atoms with Gasteiger partial charge >= 0.3 is 17.9 Å². The summed E-state index contributed by atoms with van der Waals surface area (Å²) in [7, 11) is 1.33. The van der Waals surface area contributed by atoms with Crippen molar-refractivity contribution in [3.05, 3.63) is 133 Å². The van der Waals surface area contributed by atoms with E-state index in [9.17, 15) is 14.4 Å². The number of carbonyl (C=O) groups is 4. The average Bonchev–Trinajstić information content (AvgIpc) is 3.19. The Morgan fingerprint density at radius 3 is 1.72 bits per heavy atom. The number of rotatable bonds is 14. The predicted octanol–water partition coefficient (Wildman–Crippen LogP) is 7.16. The van der Waals surface area contributed by atoms with Crippen LogP contribution in [0.3, 0.4) is 0 Å². The third-order valence-corrected chi connectivity index (χ3v) is 20.0. The number of benzene rings is 4. The summed E-state index contributed by atoms with van der Waals surface area (Å²) in [5.41, 5.74) is 1.20. The molecule has 1 heterocycles. The van der Waals surface area contributed by atoms with Gasteiger partial charge in [0.05, 0.1) is 29.5 Å². The molecule has 1 amide bonds. The summed E-state index contributed by atoms with van der Waals surface area (Å²) in [6, 6.07) is 34.7. The SMILES string of the molecule is C=CCOC(=O)C(N1C(=O)[C@H]([C@@H](C)O[Si](C)(C)C(C)(C)C)[C@H]1[C@@H](C)C(=O)OC(=O)c1ccc(N(C)C)cc1)=P(c1ccccc1)(c1ccccc1)c1ccccc1. The summed E-state index contributed by atoms with van der Waals surface area (Å²) in [6.45, 7) is 14.5. The highest BCUT2D eigenvalue weighted by Crippen LogP contribution is 2.51. The minimum absolute atomic E-state index is 0.111. The Kier molecular flexibility index (Phi) is 13.3.